The van der Waals surface area contributed by atoms with Crippen molar-refractivity contribution in [3.63, 3.8) is 0 Å². The fourth-order valence-corrected chi connectivity index (χ4v) is 2.39. The van der Waals surface area contributed by atoms with E-state index in [1.54, 1.807) is 0 Å². The molecule has 88 valence electrons. The maximum atomic E-state index is 9.64. The van der Waals surface area contributed by atoms with Crippen LogP contribution in [0.5, 0.6) is 0 Å². The molecule has 0 spiro atoms. The first-order valence-corrected chi connectivity index (χ1v) is 6.11. The molecule has 0 aliphatic carbocycles. The molecule has 0 unspecified atom stereocenters. The molecule has 1 atom stereocenters. The number of β-amino-alcohol motifs (C(OH)–C–C–N with tert-alkyl or cyclic N) is 1. The predicted octanol–water partition coefficient (Wildman–Crippen LogP) is 2.26. The number of likely N-dealkylation sites (tertiary alicyclic amines) is 1. The van der Waals surface area contributed by atoms with Gasteiger partial charge >= 0.3 is 0 Å². The molecule has 2 rings (SSSR count). The summed E-state index contributed by atoms with van der Waals surface area (Å²) in [6, 6.07) is 6.60. The summed E-state index contributed by atoms with van der Waals surface area (Å²) in [6.45, 7) is 7.21. The first-order chi connectivity index (χ1) is 7.65. The fourth-order valence-electron chi connectivity index (χ4n) is 2.39. The zero-order valence-corrected chi connectivity index (χ0v) is 10.2. The minimum atomic E-state index is -0.126. The van der Waals surface area contributed by atoms with E-state index in [0.717, 1.165) is 32.5 Å². The van der Waals surface area contributed by atoms with E-state index in [-0.39, 0.29) is 6.10 Å². The summed E-state index contributed by atoms with van der Waals surface area (Å²) < 4.78 is 0. The van der Waals surface area contributed by atoms with Gasteiger partial charge in [0.15, 0.2) is 0 Å². The Labute approximate surface area is 97.9 Å². The Morgan fingerprint density at radius 2 is 2.19 bits per heavy atom. The van der Waals surface area contributed by atoms with Crippen LogP contribution in [0.1, 0.15) is 29.5 Å². The summed E-state index contributed by atoms with van der Waals surface area (Å²) >= 11 is 0. The second-order valence-electron chi connectivity index (χ2n) is 4.96. The molecule has 2 nitrogen and oxygen atoms in total. The zero-order valence-electron chi connectivity index (χ0n) is 10.2. The molecular weight excluding hydrogens is 198 g/mol. The van der Waals surface area contributed by atoms with Gasteiger partial charge in [-0.15, -0.1) is 0 Å². The summed E-state index contributed by atoms with van der Waals surface area (Å²) in [5, 5.41) is 9.64. The standard InChI is InChI=1S/C14H21NO/c1-11-5-6-12(2)13(8-11)9-15-7-3-4-14(16)10-15/h5-6,8,14,16H,3-4,7,9-10H2,1-2H3/t14-/m0/s1. The molecule has 2 heteroatoms. The monoisotopic (exact) mass is 219 g/mol. The van der Waals surface area contributed by atoms with Gasteiger partial charge in [-0.25, -0.2) is 0 Å². The third-order valence-corrected chi connectivity index (χ3v) is 3.38. The second kappa shape index (κ2) is 4.98. The maximum absolute atomic E-state index is 9.64. The molecule has 0 saturated carbocycles. The maximum Gasteiger partial charge on any atom is 0.0667 e. The van der Waals surface area contributed by atoms with Gasteiger partial charge in [0.25, 0.3) is 0 Å². The van der Waals surface area contributed by atoms with Crippen molar-refractivity contribution >= 4 is 0 Å². The summed E-state index contributed by atoms with van der Waals surface area (Å²) in [6.07, 6.45) is 1.95. The molecule has 1 aromatic carbocycles. The fraction of sp³-hybridized carbons (Fsp3) is 0.571. The van der Waals surface area contributed by atoms with Gasteiger partial charge in [0.2, 0.25) is 0 Å². The number of aryl methyl sites for hydroxylation is 2. The minimum absolute atomic E-state index is 0.126. The van der Waals surface area contributed by atoms with Crippen LogP contribution in [0.15, 0.2) is 18.2 Å². The minimum Gasteiger partial charge on any atom is -0.392 e. The van der Waals surface area contributed by atoms with E-state index < -0.39 is 0 Å². The summed E-state index contributed by atoms with van der Waals surface area (Å²) in [5.41, 5.74) is 4.07. The highest BCUT2D eigenvalue weighted by molar-refractivity contribution is 5.30. The number of aliphatic hydroxyl groups is 1. The lowest BCUT2D eigenvalue weighted by atomic mass is 10.0. The van der Waals surface area contributed by atoms with Gasteiger partial charge in [-0.05, 0) is 44.4 Å². The lowest BCUT2D eigenvalue weighted by Gasteiger charge is -2.30. The molecule has 1 aliphatic heterocycles. The topological polar surface area (TPSA) is 23.5 Å². The Hall–Kier alpha value is -0.860. The van der Waals surface area contributed by atoms with Crippen molar-refractivity contribution in [2.75, 3.05) is 13.1 Å². The highest BCUT2D eigenvalue weighted by Crippen LogP contribution is 2.17. The van der Waals surface area contributed by atoms with Gasteiger partial charge in [-0.3, -0.25) is 4.90 Å². The molecule has 1 aromatic rings. The van der Waals surface area contributed by atoms with Crippen molar-refractivity contribution in [2.24, 2.45) is 0 Å². The van der Waals surface area contributed by atoms with Crippen LogP contribution >= 0.6 is 0 Å². The lowest BCUT2D eigenvalue weighted by molar-refractivity contribution is 0.0667. The van der Waals surface area contributed by atoms with E-state index >= 15 is 0 Å². The van der Waals surface area contributed by atoms with E-state index in [0.29, 0.717) is 0 Å². The van der Waals surface area contributed by atoms with Crippen molar-refractivity contribution in [2.45, 2.75) is 39.3 Å². The molecule has 16 heavy (non-hydrogen) atoms. The highest BCUT2D eigenvalue weighted by Gasteiger charge is 2.17. The van der Waals surface area contributed by atoms with Gasteiger partial charge in [0.05, 0.1) is 6.10 Å². The number of benzene rings is 1. The summed E-state index contributed by atoms with van der Waals surface area (Å²) in [5.74, 6) is 0. The van der Waals surface area contributed by atoms with Gasteiger partial charge in [0, 0.05) is 13.1 Å². The average molecular weight is 219 g/mol. The van der Waals surface area contributed by atoms with Crippen LogP contribution < -0.4 is 0 Å². The van der Waals surface area contributed by atoms with Crippen molar-refractivity contribution < 1.29 is 5.11 Å². The first kappa shape index (κ1) is 11.6. The smallest absolute Gasteiger partial charge is 0.0667 e. The van der Waals surface area contributed by atoms with Crippen LogP contribution in [0.25, 0.3) is 0 Å². The van der Waals surface area contributed by atoms with Gasteiger partial charge in [-0.1, -0.05) is 23.8 Å². The van der Waals surface area contributed by atoms with Crippen LogP contribution in [-0.2, 0) is 6.54 Å². The number of nitrogens with zero attached hydrogens (tertiary/aromatic N) is 1. The molecule has 0 aromatic heterocycles. The Bertz CT molecular complexity index is 362. The first-order valence-electron chi connectivity index (χ1n) is 6.11. The molecule has 1 aliphatic rings. The van der Waals surface area contributed by atoms with Crippen molar-refractivity contribution in [1.29, 1.82) is 0 Å². The van der Waals surface area contributed by atoms with Crippen LogP contribution in [0.3, 0.4) is 0 Å². The normalized spacial score (nSPS) is 22.3. The third-order valence-electron chi connectivity index (χ3n) is 3.38. The zero-order chi connectivity index (χ0) is 11.5. The Morgan fingerprint density at radius 3 is 2.94 bits per heavy atom. The Balaban J connectivity index is 2.05. The van der Waals surface area contributed by atoms with Crippen LogP contribution in [0.2, 0.25) is 0 Å². The molecular formula is C14H21NO. The van der Waals surface area contributed by atoms with Crippen LogP contribution in [0.4, 0.5) is 0 Å². The quantitative estimate of drug-likeness (QED) is 0.824. The van der Waals surface area contributed by atoms with E-state index in [9.17, 15) is 5.11 Å². The molecule has 0 radical (unpaired) electrons. The molecule has 1 fully saturated rings. The number of hydrogen-bond donors (Lipinski definition) is 1. The van der Waals surface area contributed by atoms with Gasteiger partial charge in [-0.2, -0.15) is 0 Å². The largest absolute Gasteiger partial charge is 0.392 e. The molecule has 1 N–H and O–H groups in total. The Morgan fingerprint density at radius 1 is 1.38 bits per heavy atom. The molecule has 1 heterocycles. The number of hydrogen-bond acceptors (Lipinski definition) is 2. The van der Waals surface area contributed by atoms with Crippen LogP contribution in [-0.4, -0.2) is 29.2 Å². The van der Waals surface area contributed by atoms with Crippen molar-refractivity contribution in [3.05, 3.63) is 34.9 Å². The van der Waals surface area contributed by atoms with Crippen molar-refractivity contribution in [3.8, 4) is 0 Å². The summed E-state index contributed by atoms with van der Waals surface area (Å²) in [7, 11) is 0. The lowest BCUT2D eigenvalue weighted by Crippen LogP contribution is -2.37. The van der Waals surface area contributed by atoms with E-state index in [2.05, 4.69) is 36.9 Å². The van der Waals surface area contributed by atoms with Gasteiger partial charge < -0.3 is 5.11 Å². The third kappa shape index (κ3) is 2.83. The SMILES string of the molecule is Cc1ccc(C)c(CN2CCC[C@H](O)C2)c1. The number of rotatable bonds is 2. The van der Waals surface area contributed by atoms with Crippen molar-refractivity contribution in [1.82, 2.24) is 4.90 Å². The molecule has 0 amide bonds. The second-order valence-corrected chi connectivity index (χ2v) is 4.96. The Kier molecular flexibility index (Phi) is 3.62. The number of aliphatic hydroxyl groups excluding tert-OH is 1. The van der Waals surface area contributed by atoms with E-state index in [1.807, 2.05) is 0 Å². The predicted molar refractivity (Wildman–Crippen MR) is 66.4 cm³/mol. The van der Waals surface area contributed by atoms with Gasteiger partial charge in [0.1, 0.15) is 0 Å². The van der Waals surface area contributed by atoms with Crippen LogP contribution in [0, 0.1) is 13.8 Å². The average Bonchev–Trinajstić information content (AvgIpc) is 2.24. The van der Waals surface area contributed by atoms with E-state index in [4.69, 9.17) is 0 Å². The number of piperidine rings is 1. The summed E-state index contributed by atoms with van der Waals surface area (Å²) in [4.78, 5) is 2.36. The van der Waals surface area contributed by atoms with E-state index in [1.165, 1.54) is 16.7 Å². The molecule has 0 bridgehead atoms. The highest BCUT2D eigenvalue weighted by atomic mass is 16.3. The molecule has 1 saturated heterocycles.